The number of fused-ring (bicyclic) bond motifs is 1. The molecular weight excluding hydrogens is 454 g/mol. The molecule has 5 rings (SSSR count). The van der Waals surface area contributed by atoms with Crippen LogP contribution in [0.25, 0.3) is 5.65 Å². The fraction of sp³-hybridized carbons (Fsp3) is 0.200. The number of hydrogen-bond acceptors (Lipinski definition) is 5. The van der Waals surface area contributed by atoms with Crippen LogP contribution in [0.15, 0.2) is 66.9 Å². The number of nitrogens with zero attached hydrogens (tertiary/aromatic N) is 4. The molecule has 34 heavy (non-hydrogen) atoms. The van der Waals surface area contributed by atoms with Gasteiger partial charge in [0.15, 0.2) is 5.65 Å². The fourth-order valence-corrected chi connectivity index (χ4v) is 4.14. The van der Waals surface area contributed by atoms with Crippen LogP contribution in [0.4, 0.5) is 5.69 Å². The number of aromatic nitrogens is 3. The van der Waals surface area contributed by atoms with Crippen molar-refractivity contribution in [2.24, 2.45) is 0 Å². The lowest BCUT2D eigenvalue weighted by atomic mass is 10.0. The summed E-state index contributed by atoms with van der Waals surface area (Å²) in [6, 6.07) is 18.0. The number of likely N-dealkylation sites (N-methyl/N-ethyl adjacent to an activating group) is 1. The number of halogens is 1. The summed E-state index contributed by atoms with van der Waals surface area (Å²) in [7, 11) is 0. The molecule has 2 aromatic heterocycles. The zero-order valence-corrected chi connectivity index (χ0v) is 19.2. The average Bonchev–Trinajstić information content (AvgIpc) is 3.44. The number of carbonyl (C=O) groups excluding carboxylic acids is 2. The number of anilines is 1. The minimum absolute atomic E-state index is 0.0916. The van der Waals surface area contributed by atoms with E-state index in [2.05, 4.69) is 10.4 Å². The van der Waals surface area contributed by atoms with E-state index in [0.717, 1.165) is 0 Å². The van der Waals surface area contributed by atoms with Gasteiger partial charge in [0, 0.05) is 42.2 Å². The van der Waals surface area contributed by atoms with Crippen LogP contribution in [0.1, 0.15) is 35.3 Å². The minimum Gasteiger partial charge on any atom is -0.439 e. The van der Waals surface area contributed by atoms with Crippen LogP contribution in [0.2, 0.25) is 5.02 Å². The molecule has 0 bridgehead atoms. The van der Waals surface area contributed by atoms with Crippen molar-refractivity contribution in [3.8, 4) is 11.6 Å². The molecule has 0 spiro atoms. The maximum atomic E-state index is 13.1. The third-order valence-corrected chi connectivity index (χ3v) is 6.04. The van der Waals surface area contributed by atoms with Gasteiger partial charge in [0.05, 0.1) is 11.9 Å². The van der Waals surface area contributed by atoms with Gasteiger partial charge in [-0.05, 0) is 43.3 Å². The van der Waals surface area contributed by atoms with Crippen LogP contribution in [-0.4, -0.2) is 44.4 Å². The van der Waals surface area contributed by atoms with Crippen molar-refractivity contribution in [2.75, 3.05) is 18.4 Å². The lowest BCUT2D eigenvalue weighted by Crippen LogP contribution is -2.24. The number of ether oxygens (including phenoxy) is 1. The van der Waals surface area contributed by atoms with Gasteiger partial charge in [-0.2, -0.15) is 9.61 Å². The second kappa shape index (κ2) is 9.15. The van der Waals surface area contributed by atoms with Crippen LogP contribution in [0.3, 0.4) is 0 Å². The van der Waals surface area contributed by atoms with Crippen molar-refractivity contribution in [3.05, 3.63) is 83.1 Å². The van der Waals surface area contributed by atoms with Gasteiger partial charge in [0.2, 0.25) is 11.8 Å². The van der Waals surface area contributed by atoms with E-state index in [1.54, 1.807) is 35.2 Å². The maximum Gasteiger partial charge on any atom is 0.261 e. The normalized spacial score (nSPS) is 15.6. The molecule has 4 aromatic rings. The highest BCUT2D eigenvalue weighted by molar-refractivity contribution is 6.30. The zero-order chi connectivity index (χ0) is 23.7. The maximum absolute atomic E-state index is 13.1. The lowest BCUT2D eigenvalue weighted by molar-refractivity contribution is -0.127. The van der Waals surface area contributed by atoms with Crippen molar-refractivity contribution in [1.82, 2.24) is 19.5 Å². The van der Waals surface area contributed by atoms with E-state index >= 15 is 0 Å². The van der Waals surface area contributed by atoms with Crippen molar-refractivity contribution in [3.63, 3.8) is 0 Å². The molecule has 0 unspecified atom stereocenters. The predicted octanol–water partition coefficient (Wildman–Crippen LogP) is 4.76. The van der Waals surface area contributed by atoms with E-state index in [-0.39, 0.29) is 17.7 Å². The smallest absolute Gasteiger partial charge is 0.261 e. The van der Waals surface area contributed by atoms with Gasteiger partial charge in [-0.15, -0.1) is 0 Å². The predicted molar refractivity (Wildman–Crippen MR) is 129 cm³/mol. The van der Waals surface area contributed by atoms with E-state index in [1.807, 2.05) is 37.3 Å². The van der Waals surface area contributed by atoms with E-state index in [4.69, 9.17) is 21.3 Å². The van der Waals surface area contributed by atoms with Crippen molar-refractivity contribution in [2.45, 2.75) is 19.3 Å². The molecule has 3 heterocycles. The Morgan fingerprint density at radius 3 is 2.65 bits per heavy atom. The molecule has 0 saturated carbocycles. The highest BCUT2D eigenvalue weighted by Crippen LogP contribution is 2.32. The summed E-state index contributed by atoms with van der Waals surface area (Å²) >= 11 is 5.94. The number of nitrogens with one attached hydrogen (secondary N) is 1. The molecule has 8 nitrogen and oxygen atoms in total. The summed E-state index contributed by atoms with van der Waals surface area (Å²) in [5, 5.41) is 7.81. The molecule has 1 atom stereocenters. The van der Waals surface area contributed by atoms with Gasteiger partial charge in [-0.1, -0.05) is 29.8 Å². The van der Waals surface area contributed by atoms with Gasteiger partial charge >= 0.3 is 0 Å². The molecule has 2 amide bonds. The van der Waals surface area contributed by atoms with Gasteiger partial charge < -0.3 is 15.0 Å². The summed E-state index contributed by atoms with van der Waals surface area (Å²) in [5.41, 5.74) is 1.94. The Kier molecular flexibility index (Phi) is 5.90. The quantitative estimate of drug-likeness (QED) is 0.434. The topological polar surface area (TPSA) is 88.8 Å². The fourth-order valence-electron chi connectivity index (χ4n) is 4.01. The third-order valence-electron chi connectivity index (χ3n) is 5.79. The number of likely N-dealkylation sites (tertiary alicyclic amines) is 1. The minimum atomic E-state index is -0.356. The second-order valence-corrected chi connectivity index (χ2v) is 8.46. The molecule has 2 aromatic carbocycles. The van der Waals surface area contributed by atoms with Crippen LogP contribution >= 0.6 is 11.6 Å². The van der Waals surface area contributed by atoms with Crippen molar-refractivity contribution >= 4 is 34.7 Å². The Morgan fingerprint density at radius 1 is 1.18 bits per heavy atom. The van der Waals surface area contributed by atoms with E-state index in [1.165, 1.54) is 10.7 Å². The SMILES string of the molecule is CCN1C[C@H](c2cc(Oc3ccccc3)n3ncc(C(=O)Nc4ccc(Cl)cc4)c3n2)CC1=O. The van der Waals surface area contributed by atoms with E-state index in [9.17, 15) is 9.59 Å². The first-order valence-corrected chi connectivity index (χ1v) is 11.4. The Balaban J connectivity index is 1.55. The van der Waals surface area contributed by atoms with Crippen LogP contribution in [0.5, 0.6) is 11.6 Å². The molecule has 1 saturated heterocycles. The van der Waals surface area contributed by atoms with Crippen molar-refractivity contribution in [1.29, 1.82) is 0 Å². The summed E-state index contributed by atoms with van der Waals surface area (Å²) in [6.07, 6.45) is 1.83. The molecule has 172 valence electrons. The van der Waals surface area contributed by atoms with Crippen LogP contribution < -0.4 is 10.1 Å². The molecule has 1 aliphatic heterocycles. The highest BCUT2D eigenvalue weighted by Gasteiger charge is 2.32. The Bertz CT molecular complexity index is 1350. The number of carbonyl (C=O) groups is 2. The summed E-state index contributed by atoms with van der Waals surface area (Å²) in [4.78, 5) is 32.0. The number of amides is 2. The summed E-state index contributed by atoms with van der Waals surface area (Å²) < 4.78 is 7.61. The average molecular weight is 476 g/mol. The molecule has 0 aliphatic carbocycles. The largest absolute Gasteiger partial charge is 0.439 e. The molecule has 1 N–H and O–H groups in total. The molecular formula is C25H22ClN5O3. The Hall–Kier alpha value is -3.91. The molecule has 1 aliphatic rings. The third kappa shape index (κ3) is 4.32. The Morgan fingerprint density at radius 2 is 1.94 bits per heavy atom. The molecule has 9 heteroatoms. The highest BCUT2D eigenvalue weighted by atomic mass is 35.5. The number of benzene rings is 2. The van der Waals surface area contributed by atoms with Crippen LogP contribution in [-0.2, 0) is 4.79 Å². The molecule has 0 radical (unpaired) electrons. The van der Waals surface area contributed by atoms with Gasteiger partial charge in [0.1, 0.15) is 11.3 Å². The standard InChI is InChI=1S/C25H22ClN5O3/c1-2-30-15-16(12-22(30)32)21-13-23(34-19-6-4-3-5-7-19)31-24(29-21)20(14-27-31)25(33)28-18-10-8-17(26)9-11-18/h3-11,13-14,16H,2,12,15H2,1H3,(H,28,33)/t16-/m1/s1. The van der Waals surface area contributed by atoms with Crippen molar-refractivity contribution < 1.29 is 14.3 Å². The summed E-state index contributed by atoms with van der Waals surface area (Å²) in [6.45, 7) is 3.17. The monoisotopic (exact) mass is 475 g/mol. The first-order valence-electron chi connectivity index (χ1n) is 11.0. The number of para-hydroxylation sites is 1. The molecule has 1 fully saturated rings. The zero-order valence-electron chi connectivity index (χ0n) is 18.4. The van der Waals surface area contributed by atoms with Gasteiger partial charge in [-0.3, -0.25) is 9.59 Å². The van der Waals surface area contributed by atoms with Crippen LogP contribution in [0, 0.1) is 0 Å². The first-order chi connectivity index (χ1) is 16.5. The second-order valence-electron chi connectivity index (χ2n) is 8.02. The number of hydrogen-bond donors (Lipinski definition) is 1. The lowest BCUT2D eigenvalue weighted by Gasteiger charge is -2.15. The first kappa shape index (κ1) is 21.9. The summed E-state index contributed by atoms with van der Waals surface area (Å²) in [5.74, 6) is 0.678. The van der Waals surface area contributed by atoms with Gasteiger partial charge in [-0.25, -0.2) is 4.98 Å². The van der Waals surface area contributed by atoms with E-state index in [0.29, 0.717) is 58.8 Å². The number of rotatable bonds is 6. The Labute approximate surface area is 201 Å². The van der Waals surface area contributed by atoms with E-state index < -0.39 is 0 Å². The van der Waals surface area contributed by atoms with Gasteiger partial charge in [0.25, 0.3) is 5.91 Å².